The van der Waals surface area contributed by atoms with E-state index in [1.165, 1.54) is 0 Å². The summed E-state index contributed by atoms with van der Waals surface area (Å²) >= 11 is 0. The predicted molar refractivity (Wildman–Crippen MR) is 70.9 cm³/mol. The number of benzene rings is 1. The van der Waals surface area contributed by atoms with Gasteiger partial charge in [-0.3, -0.25) is 0 Å². The third kappa shape index (κ3) is 9.13. The van der Waals surface area contributed by atoms with E-state index in [1.54, 1.807) is 24.3 Å². The average molecular weight is 256 g/mol. The second kappa shape index (κ2) is 12.5. The Labute approximate surface area is 109 Å². The summed E-state index contributed by atoms with van der Waals surface area (Å²) in [5.41, 5.74) is 1.74. The molecule has 0 aliphatic heterocycles. The average Bonchev–Trinajstić information content (AvgIpc) is 2.44. The van der Waals surface area contributed by atoms with Crippen molar-refractivity contribution < 1.29 is 20.4 Å². The van der Waals surface area contributed by atoms with Crippen molar-refractivity contribution >= 4 is 0 Å². The lowest BCUT2D eigenvalue weighted by Gasteiger charge is -1.96. The largest absolute Gasteiger partial charge is 0.396 e. The molecule has 0 radical (unpaired) electrons. The Hall–Kier alpha value is -0.940. The summed E-state index contributed by atoms with van der Waals surface area (Å²) in [5.74, 6) is 0. The number of rotatable bonds is 7. The Kier molecular flexibility index (Phi) is 11.9. The molecule has 0 aliphatic carbocycles. The summed E-state index contributed by atoms with van der Waals surface area (Å²) in [4.78, 5) is 0. The van der Waals surface area contributed by atoms with Gasteiger partial charge in [0, 0.05) is 13.2 Å². The van der Waals surface area contributed by atoms with E-state index in [1.807, 2.05) is 0 Å². The lowest BCUT2D eigenvalue weighted by atomic mass is 10.1. The molecule has 4 heteroatoms. The Morgan fingerprint density at radius 1 is 0.556 bits per heavy atom. The zero-order chi connectivity index (χ0) is 13.6. The van der Waals surface area contributed by atoms with Crippen LogP contribution in [0.15, 0.2) is 24.3 Å². The molecule has 1 rings (SSSR count). The van der Waals surface area contributed by atoms with Crippen molar-refractivity contribution in [1.82, 2.24) is 0 Å². The highest BCUT2D eigenvalue weighted by molar-refractivity contribution is 5.21. The van der Waals surface area contributed by atoms with Crippen molar-refractivity contribution in [3.8, 4) is 0 Å². The van der Waals surface area contributed by atoms with Crippen LogP contribution in [0, 0.1) is 0 Å². The smallest absolute Gasteiger partial charge is 0.0681 e. The van der Waals surface area contributed by atoms with Crippen LogP contribution in [-0.2, 0) is 13.2 Å². The van der Waals surface area contributed by atoms with Gasteiger partial charge in [0.05, 0.1) is 13.2 Å². The maximum Gasteiger partial charge on any atom is 0.0681 e. The van der Waals surface area contributed by atoms with Crippen molar-refractivity contribution in [2.24, 2.45) is 0 Å². The molecule has 0 bridgehead atoms. The van der Waals surface area contributed by atoms with E-state index in [4.69, 9.17) is 20.4 Å². The summed E-state index contributed by atoms with van der Waals surface area (Å²) in [6.45, 7) is 0.689. The molecule has 0 saturated heterocycles. The van der Waals surface area contributed by atoms with Crippen LogP contribution in [0.25, 0.3) is 0 Å². The Morgan fingerprint density at radius 2 is 0.889 bits per heavy atom. The minimum atomic E-state index is 0.0612. The van der Waals surface area contributed by atoms with E-state index in [2.05, 4.69) is 0 Å². The van der Waals surface area contributed by atoms with Crippen LogP contribution in [-0.4, -0.2) is 33.6 Å². The van der Waals surface area contributed by atoms with Crippen LogP contribution in [0.2, 0.25) is 0 Å². The zero-order valence-electron chi connectivity index (χ0n) is 10.8. The molecule has 0 fully saturated rings. The maximum absolute atomic E-state index is 8.64. The highest BCUT2D eigenvalue weighted by Crippen LogP contribution is 2.03. The van der Waals surface area contributed by atoms with Gasteiger partial charge in [0.1, 0.15) is 0 Å². The van der Waals surface area contributed by atoms with Crippen LogP contribution >= 0.6 is 0 Å². The number of hydrogen-bond acceptors (Lipinski definition) is 4. The molecule has 0 atom stereocenters. The summed E-state index contributed by atoms with van der Waals surface area (Å²) in [6.07, 6.45) is 3.83. The number of hydrogen-bond donors (Lipinski definition) is 4. The fourth-order valence-electron chi connectivity index (χ4n) is 1.33. The van der Waals surface area contributed by atoms with Gasteiger partial charge < -0.3 is 20.4 Å². The summed E-state index contributed by atoms with van der Waals surface area (Å²) in [5, 5.41) is 33.9. The van der Waals surface area contributed by atoms with Crippen LogP contribution in [0.3, 0.4) is 0 Å². The van der Waals surface area contributed by atoms with E-state index in [0.29, 0.717) is 0 Å². The molecular weight excluding hydrogens is 232 g/mol. The first kappa shape index (κ1) is 17.1. The lowest BCUT2D eigenvalue weighted by molar-refractivity contribution is 0.265. The van der Waals surface area contributed by atoms with Gasteiger partial charge in [0.25, 0.3) is 0 Å². The third-order valence-electron chi connectivity index (χ3n) is 2.45. The van der Waals surface area contributed by atoms with Crippen molar-refractivity contribution in [1.29, 1.82) is 0 Å². The molecule has 0 saturated carbocycles. The Balaban J connectivity index is 0.000000331. The first-order valence-electron chi connectivity index (χ1n) is 6.29. The zero-order valence-corrected chi connectivity index (χ0v) is 10.8. The molecule has 4 N–H and O–H groups in total. The first-order valence-corrected chi connectivity index (χ1v) is 6.29. The molecule has 18 heavy (non-hydrogen) atoms. The molecule has 0 amide bonds. The van der Waals surface area contributed by atoms with Crippen molar-refractivity contribution in [3.05, 3.63) is 35.4 Å². The van der Waals surface area contributed by atoms with Gasteiger partial charge in [-0.2, -0.15) is 0 Å². The van der Waals surface area contributed by atoms with Gasteiger partial charge in [0.15, 0.2) is 0 Å². The highest BCUT2D eigenvalue weighted by atomic mass is 16.3. The SMILES string of the molecule is OCCCCCCO.OCc1ccc(CO)cc1. The maximum atomic E-state index is 8.64. The van der Waals surface area contributed by atoms with Crippen molar-refractivity contribution in [2.45, 2.75) is 38.9 Å². The van der Waals surface area contributed by atoms with Crippen molar-refractivity contribution in [3.63, 3.8) is 0 Å². The Morgan fingerprint density at radius 3 is 1.11 bits per heavy atom. The van der Waals surface area contributed by atoms with E-state index < -0.39 is 0 Å². The fourth-order valence-corrected chi connectivity index (χ4v) is 1.33. The van der Waals surface area contributed by atoms with Crippen LogP contribution in [0.4, 0.5) is 0 Å². The van der Waals surface area contributed by atoms with Gasteiger partial charge in [-0.15, -0.1) is 0 Å². The molecule has 0 aliphatic rings. The molecular formula is C14H24O4. The molecule has 1 aromatic rings. The number of aliphatic hydroxyl groups excluding tert-OH is 4. The second-order valence-corrected chi connectivity index (χ2v) is 3.99. The van der Waals surface area contributed by atoms with Crippen LogP contribution < -0.4 is 0 Å². The van der Waals surface area contributed by atoms with E-state index in [0.717, 1.165) is 36.8 Å². The monoisotopic (exact) mass is 256 g/mol. The second-order valence-electron chi connectivity index (χ2n) is 3.99. The summed E-state index contributed by atoms with van der Waals surface area (Å²) < 4.78 is 0. The molecule has 1 aromatic carbocycles. The quantitative estimate of drug-likeness (QED) is 0.553. The number of aliphatic hydroxyl groups is 4. The molecule has 4 nitrogen and oxygen atoms in total. The fraction of sp³-hybridized carbons (Fsp3) is 0.571. The van der Waals surface area contributed by atoms with E-state index in [9.17, 15) is 0 Å². The first-order chi connectivity index (χ1) is 8.78. The number of unbranched alkanes of at least 4 members (excludes halogenated alkanes) is 3. The van der Waals surface area contributed by atoms with Gasteiger partial charge >= 0.3 is 0 Å². The highest BCUT2D eigenvalue weighted by Gasteiger charge is 1.89. The third-order valence-corrected chi connectivity index (χ3v) is 2.45. The molecule has 0 unspecified atom stereocenters. The molecule has 0 heterocycles. The summed E-state index contributed by atoms with van der Waals surface area (Å²) in [6, 6.07) is 7.19. The van der Waals surface area contributed by atoms with Crippen LogP contribution in [0.5, 0.6) is 0 Å². The van der Waals surface area contributed by atoms with Gasteiger partial charge in [-0.05, 0) is 24.0 Å². The Bertz CT molecular complexity index is 243. The minimum Gasteiger partial charge on any atom is -0.396 e. The topological polar surface area (TPSA) is 80.9 Å². The molecule has 0 spiro atoms. The lowest BCUT2D eigenvalue weighted by Crippen LogP contribution is -1.85. The standard InChI is InChI=1S/C8H10O2.C6H14O2/c9-5-7-1-2-8(6-10)4-3-7;7-5-3-1-2-4-6-8/h1-4,9-10H,5-6H2;7-8H,1-6H2. The van der Waals surface area contributed by atoms with Gasteiger partial charge in [0.2, 0.25) is 0 Å². The molecule has 0 aromatic heterocycles. The van der Waals surface area contributed by atoms with Gasteiger partial charge in [-0.25, -0.2) is 0 Å². The minimum absolute atomic E-state index is 0.0612. The van der Waals surface area contributed by atoms with Crippen molar-refractivity contribution in [2.75, 3.05) is 13.2 Å². The van der Waals surface area contributed by atoms with Crippen LogP contribution in [0.1, 0.15) is 36.8 Å². The summed E-state index contributed by atoms with van der Waals surface area (Å²) in [7, 11) is 0. The molecule has 104 valence electrons. The predicted octanol–water partition coefficient (Wildman–Crippen LogP) is 1.20. The van der Waals surface area contributed by atoms with E-state index >= 15 is 0 Å². The van der Waals surface area contributed by atoms with Gasteiger partial charge in [-0.1, -0.05) is 37.1 Å². The normalized spacial score (nSPS) is 9.78. The van der Waals surface area contributed by atoms with E-state index in [-0.39, 0.29) is 26.4 Å².